The molecule has 6 nitrogen and oxygen atoms in total. The minimum Gasteiger partial charge on any atom is -0.489 e. The highest BCUT2D eigenvalue weighted by atomic mass is 16.5. The van der Waals surface area contributed by atoms with Crippen molar-refractivity contribution in [2.45, 2.75) is 31.4 Å². The zero-order valence-electron chi connectivity index (χ0n) is 14.7. The number of hydrogen-bond acceptors (Lipinski definition) is 5. The van der Waals surface area contributed by atoms with Gasteiger partial charge >= 0.3 is 0 Å². The fourth-order valence-corrected chi connectivity index (χ4v) is 3.84. The first-order valence-electron chi connectivity index (χ1n) is 9.16. The molecule has 2 saturated heterocycles. The van der Waals surface area contributed by atoms with Gasteiger partial charge < -0.3 is 9.64 Å². The van der Waals surface area contributed by atoms with E-state index in [1.54, 1.807) is 11.1 Å². The van der Waals surface area contributed by atoms with Crippen molar-refractivity contribution in [3.63, 3.8) is 0 Å². The summed E-state index contributed by atoms with van der Waals surface area (Å²) >= 11 is 0. The number of aromatic nitrogens is 1. The number of benzene rings is 1. The molecule has 0 bridgehead atoms. The Labute approximate surface area is 153 Å². The molecule has 134 valence electrons. The van der Waals surface area contributed by atoms with Gasteiger partial charge in [-0.3, -0.25) is 14.7 Å². The molecule has 2 aromatic rings. The first kappa shape index (κ1) is 16.8. The Morgan fingerprint density at radius 1 is 1.31 bits per heavy atom. The Hall–Kier alpha value is -2.65. The molecule has 0 aliphatic carbocycles. The van der Waals surface area contributed by atoms with E-state index >= 15 is 0 Å². The summed E-state index contributed by atoms with van der Waals surface area (Å²) in [6, 6.07) is 11.9. The van der Waals surface area contributed by atoms with Gasteiger partial charge in [0, 0.05) is 31.2 Å². The maximum absolute atomic E-state index is 12.5. The number of likely N-dealkylation sites (tertiary alicyclic amines) is 2. The molecular weight excluding hydrogens is 328 g/mol. The van der Waals surface area contributed by atoms with Crippen LogP contribution in [0.1, 0.15) is 19.3 Å². The third-order valence-corrected chi connectivity index (χ3v) is 5.19. The van der Waals surface area contributed by atoms with Crippen molar-refractivity contribution >= 4 is 16.8 Å². The van der Waals surface area contributed by atoms with Crippen LogP contribution < -0.4 is 4.74 Å². The van der Waals surface area contributed by atoms with Crippen molar-refractivity contribution in [2.24, 2.45) is 0 Å². The van der Waals surface area contributed by atoms with Crippen molar-refractivity contribution in [2.75, 3.05) is 26.2 Å². The van der Waals surface area contributed by atoms with Crippen molar-refractivity contribution in [3.05, 3.63) is 36.5 Å². The Balaban J connectivity index is 1.33. The maximum atomic E-state index is 12.5. The van der Waals surface area contributed by atoms with E-state index in [2.05, 4.69) is 16.0 Å². The topological polar surface area (TPSA) is 69.5 Å². The number of carbonyl (C=O) groups is 1. The molecule has 2 atom stereocenters. The van der Waals surface area contributed by atoms with Gasteiger partial charge in [0.1, 0.15) is 17.9 Å². The summed E-state index contributed by atoms with van der Waals surface area (Å²) in [6.45, 7) is 2.66. The summed E-state index contributed by atoms with van der Waals surface area (Å²) in [5.41, 5.74) is 0.955. The lowest BCUT2D eigenvalue weighted by Gasteiger charge is -2.23. The van der Waals surface area contributed by atoms with Gasteiger partial charge in [0.15, 0.2) is 0 Å². The first-order valence-corrected chi connectivity index (χ1v) is 9.16. The maximum Gasteiger partial charge on any atom is 0.237 e. The Morgan fingerprint density at radius 2 is 2.23 bits per heavy atom. The van der Waals surface area contributed by atoms with Crippen LogP contribution in [-0.2, 0) is 4.79 Å². The monoisotopic (exact) mass is 350 g/mol. The molecule has 2 fully saturated rings. The number of rotatable bonds is 4. The predicted molar refractivity (Wildman–Crippen MR) is 97.6 cm³/mol. The Bertz CT molecular complexity index is 847. The normalized spacial score (nSPS) is 23.3. The van der Waals surface area contributed by atoms with Crippen LogP contribution in [0.25, 0.3) is 10.9 Å². The molecule has 0 N–H and O–H groups in total. The lowest BCUT2D eigenvalue weighted by molar-refractivity contribution is -0.132. The minimum atomic E-state index is -0.247. The number of amides is 1. The van der Waals surface area contributed by atoms with E-state index < -0.39 is 0 Å². The molecule has 2 aliphatic heterocycles. The lowest BCUT2D eigenvalue weighted by atomic mass is 10.2. The van der Waals surface area contributed by atoms with Crippen molar-refractivity contribution in [1.29, 1.82) is 5.26 Å². The SMILES string of the molecule is N#CC1CCCN1C(=O)CN1CC[C@H](Oc2ccc3ncccc3c2)C1. The van der Waals surface area contributed by atoms with Gasteiger partial charge in [0.25, 0.3) is 0 Å². The zero-order chi connectivity index (χ0) is 17.9. The van der Waals surface area contributed by atoms with Crippen LogP contribution in [0, 0.1) is 11.3 Å². The van der Waals surface area contributed by atoms with Gasteiger partial charge in [-0.25, -0.2) is 0 Å². The average molecular weight is 350 g/mol. The number of nitriles is 1. The summed E-state index contributed by atoms with van der Waals surface area (Å²) in [7, 11) is 0. The van der Waals surface area contributed by atoms with Gasteiger partial charge in [-0.15, -0.1) is 0 Å². The molecule has 1 unspecified atom stereocenters. The number of fused-ring (bicyclic) bond motifs is 1. The number of nitrogens with zero attached hydrogens (tertiary/aromatic N) is 4. The summed E-state index contributed by atoms with van der Waals surface area (Å²) in [5, 5.41) is 10.2. The van der Waals surface area contributed by atoms with Crippen LogP contribution >= 0.6 is 0 Å². The van der Waals surface area contributed by atoms with Crippen LogP contribution in [-0.4, -0.2) is 59.0 Å². The molecule has 0 radical (unpaired) electrons. The average Bonchev–Trinajstić information content (AvgIpc) is 3.30. The fourth-order valence-electron chi connectivity index (χ4n) is 3.84. The molecule has 0 saturated carbocycles. The van der Waals surface area contributed by atoms with Crippen molar-refractivity contribution < 1.29 is 9.53 Å². The number of pyridine rings is 1. The van der Waals surface area contributed by atoms with Crippen LogP contribution in [0.2, 0.25) is 0 Å². The summed E-state index contributed by atoms with van der Waals surface area (Å²) < 4.78 is 6.12. The van der Waals surface area contributed by atoms with Crippen LogP contribution in [0.5, 0.6) is 5.75 Å². The lowest BCUT2D eigenvalue weighted by Crippen LogP contribution is -2.42. The second-order valence-corrected chi connectivity index (χ2v) is 7.00. The molecule has 2 aliphatic rings. The van der Waals surface area contributed by atoms with Gasteiger partial charge in [0.2, 0.25) is 5.91 Å². The van der Waals surface area contributed by atoms with E-state index in [0.29, 0.717) is 13.1 Å². The molecule has 1 amide bonds. The Kier molecular flexibility index (Phi) is 4.72. The highest BCUT2D eigenvalue weighted by Gasteiger charge is 2.32. The third kappa shape index (κ3) is 3.49. The highest BCUT2D eigenvalue weighted by Crippen LogP contribution is 2.23. The van der Waals surface area contributed by atoms with Gasteiger partial charge in [-0.1, -0.05) is 6.07 Å². The smallest absolute Gasteiger partial charge is 0.237 e. The third-order valence-electron chi connectivity index (χ3n) is 5.19. The minimum absolute atomic E-state index is 0.0616. The number of carbonyl (C=O) groups excluding carboxylic acids is 1. The summed E-state index contributed by atoms with van der Waals surface area (Å²) in [5.74, 6) is 0.902. The quantitative estimate of drug-likeness (QED) is 0.845. The molecular formula is C20H22N4O2. The molecule has 1 aromatic carbocycles. The fraction of sp³-hybridized carbons (Fsp3) is 0.450. The van der Waals surface area contributed by atoms with E-state index in [1.807, 2.05) is 30.3 Å². The number of ether oxygens (including phenoxy) is 1. The zero-order valence-corrected chi connectivity index (χ0v) is 14.7. The molecule has 3 heterocycles. The van der Waals surface area contributed by atoms with E-state index in [1.165, 1.54) is 0 Å². The number of hydrogen-bond donors (Lipinski definition) is 0. The second kappa shape index (κ2) is 7.30. The standard InChI is InChI=1S/C20H22N4O2/c21-12-16-4-2-9-24(16)20(25)14-23-10-7-18(13-23)26-17-5-6-19-15(11-17)3-1-8-22-19/h1,3,5-6,8,11,16,18H,2,4,7,9-10,13-14H2/t16?,18-/m0/s1. The molecule has 4 rings (SSSR count). The van der Waals surface area contributed by atoms with E-state index in [-0.39, 0.29) is 18.1 Å². The summed E-state index contributed by atoms with van der Waals surface area (Å²) in [4.78, 5) is 20.6. The molecule has 6 heteroatoms. The van der Waals surface area contributed by atoms with Crippen LogP contribution in [0.3, 0.4) is 0 Å². The van der Waals surface area contributed by atoms with E-state index in [4.69, 9.17) is 10.00 Å². The molecule has 26 heavy (non-hydrogen) atoms. The molecule has 1 aromatic heterocycles. The largest absolute Gasteiger partial charge is 0.489 e. The van der Waals surface area contributed by atoms with E-state index in [9.17, 15) is 4.79 Å². The second-order valence-electron chi connectivity index (χ2n) is 7.00. The summed E-state index contributed by atoms with van der Waals surface area (Å²) in [6.07, 6.45) is 4.49. The Morgan fingerprint density at radius 3 is 3.12 bits per heavy atom. The van der Waals surface area contributed by atoms with Gasteiger partial charge in [-0.05, 0) is 43.5 Å². The highest BCUT2D eigenvalue weighted by molar-refractivity contribution is 5.80. The van der Waals surface area contributed by atoms with Crippen molar-refractivity contribution in [1.82, 2.24) is 14.8 Å². The van der Waals surface area contributed by atoms with Gasteiger partial charge in [0.05, 0.1) is 18.1 Å². The predicted octanol–water partition coefficient (Wildman–Crippen LogP) is 2.20. The van der Waals surface area contributed by atoms with Gasteiger partial charge in [-0.2, -0.15) is 5.26 Å². The molecule has 0 spiro atoms. The van der Waals surface area contributed by atoms with Crippen molar-refractivity contribution in [3.8, 4) is 11.8 Å². The van der Waals surface area contributed by atoms with E-state index in [0.717, 1.165) is 49.0 Å². The first-order chi connectivity index (χ1) is 12.7. The van der Waals surface area contributed by atoms with Crippen LogP contribution in [0.4, 0.5) is 0 Å². The van der Waals surface area contributed by atoms with Crippen LogP contribution in [0.15, 0.2) is 36.5 Å².